The molecule has 3 rings (SSSR count). The van der Waals surface area contributed by atoms with Gasteiger partial charge >= 0.3 is 0 Å². The van der Waals surface area contributed by atoms with Crippen molar-refractivity contribution in [1.29, 1.82) is 0 Å². The van der Waals surface area contributed by atoms with E-state index < -0.39 is 11.4 Å². The van der Waals surface area contributed by atoms with Crippen LogP contribution in [0.1, 0.15) is 10.8 Å². The Balaban J connectivity index is 2.05. The summed E-state index contributed by atoms with van der Waals surface area (Å²) < 4.78 is 5.17. The van der Waals surface area contributed by atoms with E-state index >= 15 is 0 Å². The molecular weight excluding hydrogens is 360 g/mol. The highest BCUT2D eigenvalue weighted by atomic mass is 35.5. The van der Waals surface area contributed by atoms with E-state index in [2.05, 4.69) is 0 Å². The average Bonchev–Trinajstić information content (AvgIpc) is 2.72. The van der Waals surface area contributed by atoms with Crippen LogP contribution in [0.2, 0.25) is 5.02 Å². The zero-order chi connectivity index (χ0) is 18.0. The number of nitrogens with two attached hydrogens (primary N) is 1. The number of carbonyl (C=O) groups excluding carboxylic acids is 1. The molecule has 2 aromatic rings. The number of amides is 1. The monoisotopic (exact) mass is 378 g/mol. The van der Waals surface area contributed by atoms with Crippen LogP contribution in [0.5, 0.6) is 5.75 Å². The Morgan fingerprint density at radius 2 is 2.00 bits per heavy atom. The minimum absolute atomic E-state index is 0.304. The van der Waals surface area contributed by atoms with Gasteiger partial charge in [-0.05, 0) is 35.9 Å². The van der Waals surface area contributed by atoms with Crippen molar-refractivity contribution in [3.05, 3.63) is 53.1 Å². The van der Waals surface area contributed by atoms with Gasteiger partial charge in [0.2, 0.25) is 0 Å². The maximum Gasteiger partial charge on any atom is 0.257 e. The van der Waals surface area contributed by atoms with Crippen LogP contribution >= 0.6 is 23.4 Å². The van der Waals surface area contributed by atoms with Crippen molar-refractivity contribution in [3.63, 3.8) is 0 Å². The minimum Gasteiger partial charge on any atom is -0.497 e. The summed E-state index contributed by atoms with van der Waals surface area (Å²) in [5.74, 6) is 0.358. The maximum absolute atomic E-state index is 12.8. The predicted octanol–water partition coefficient (Wildman–Crippen LogP) is 2.85. The fraction of sp³-hybridized carbons (Fsp3) is 0.278. The highest BCUT2D eigenvalue weighted by Gasteiger charge is 2.37. The van der Waals surface area contributed by atoms with E-state index in [1.165, 1.54) is 16.7 Å². The first-order valence-electron chi connectivity index (χ1n) is 7.85. The standard InChI is InChI=1S/C18H19ClN2O3S/c1-24-13-5-2-11(3-6-13)17-16(22)18(23)21(9-8-20)14-7-4-12(19)10-15(14)25-17/h2-7,10,16-17,22H,8-9,20H2,1H3. The van der Waals surface area contributed by atoms with Crippen LogP contribution in [0, 0.1) is 0 Å². The molecular formula is C18H19ClN2O3S. The number of ether oxygens (including phenoxy) is 1. The molecule has 2 atom stereocenters. The number of aliphatic hydroxyl groups is 1. The molecule has 1 aliphatic heterocycles. The molecule has 0 saturated heterocycles. The topological polar surface area (TPSA) is 75.8 Å². The molecule has 0 spiro atoms. The summed E-state index contributed by atoms with van der Waals surface area (Å²) in [6.07, 6.45) is -1.18. The molecule has 3 N–H and O–H groups in total. The summed E-state index contributed by atoms with van der Waals surface area (Å²) in [7, 11) is 1.59. The normalized spacial score (nSPS) is 20.2. The Morgan fingerprint density at radius 1 is 1.28 bits per heavy atom. The molecule has 0 aliphatic carbocycles. The van der Waals surface area contributed by atoms with Gasteiger partial charge in [0, 0.05) is 23.0 Å². The minimum atomic E-state index is -1.18. The van der Waals surface area contributed by atoms with Gasteiger partial charge in [-0.2, -0.15) is 0 Å². The summed E-state index contributed by atoms with van der Waals surface area (Å²) in [4.78, 5) is 15.2. The molecule has 1 aliphatic rings. The van der Waals surface area contributed by atoms with Crippen LogP contribution in [0.15, 0.2) is 47.4 Å². The van der Waals surface area contributed by atoms with Gasteiger partial charge in [0.1, 0.15) is 11.9 Å². The molecule has 2 aromatic carbocycles. The molecule has 0 aromatic heterocycles. The van der Waals surface area contributed by atoms with Crippen LogP contribution in [-0.2, 0) is 4.79 Å². The Morgan fingerprint density at radius 3 is 2.64 bits per heavy atom. The predicted molar refractivity (Wildman–Crippen MR) is 100 cm³/mol. The highest BCUT2D eigenvalue weighted by Crippen LogP contribution is 2.46. The second-order valence-corrected chi connectivity index (χ2v) is 7.27. The molecule has 25 heavy (non-hydrogen) atoms. The van der Waals surface area contributed by atoms with E-state index in [9.17, 15) is 9.90 Å². The smallest absolute Gasteiger partial charge is 0.257 e. The third-order valence-corrected chi connectivity index (χ3v) is 5.67. The SMILES string of the molecule is COc1ccc(C2Sc3cc(Cl)ccc3N(CCN)C(=O)C2O)cc1. The lowest BCUT2D eigenvalue weighted by Gasteiger charge is -2.24. The first-order chi connectivity index (χ1) is 12.0. The Labute approximate surface area is 155 Å². The van der Waals surface area contributed by atoms with E-state index in [1.54, 1.807) is 19.2 Å². The van der Waals surface area contributed by atoms with E-state index in [0.29, 0.717) is 18.1 Å². The molecule has 7 heteroatoms. The van der Waals surface area contributed by atoms with Gasteiger partial charge in [0.15, 0.2) is 0 Å². The van der Waals surface area contributed by atoms with E-state index in [4.69, 9.17) is 22.1 Å². The third kappa shape index (κ3) is 3.62. The van der Waals surface area contributed by atoms with Crippen molar-refractivity contribution in [2.24, 2.45) is 5.73 Å². The number of hydrogen-bond donors (Lipinski definition) is 2. The van der Waals surface area contributed by atoms with Gasteiger partial charge in [-0.3, -0.25) is 4.79 Å². The number of methoxy groups -OCH3 is 1. The Hall–Kier alpha value is -1.73. The second kappa shape index (κ2) is 7.66. The van der Waals surface area contributed by atoms with Gasteiger partial charge in [-0.1, -0.05) is 23.7 Å². The lowest BCUT2D eigenvalue weighted by atomic mass is 10.1. The molecule has 0 fully saturated rings. The number of rotatable bonds is 4. The van der Waals surface area contributed by atoms with E-state index in [1.807, 2.05) is 30.3 Å². The summed E-state index contributed by atoms with van der Waals surface area (Å²) in [6, 6.07) is 12.7. The van der Waals surface area contributed by atoms with Crippen molar-refractivity contribution >= 4 is 35.0 Å². The van der Waals surface area contributed by atoms with Gasteiger partial charge in [-0.25, -0.2) is 0 Å². The maximum atomic E-state index is 12.8. The van der Waals surface area contributed by atoms with Gasteiger partial charge in [0.25, 0.3) is 5.91 Å². The van der Waals surface area contributed by atoms with Crippen LogP contribution in [0.25, 0.3) is 0 Å². The zero-order valence-corrected chi connectivity index (χ0v) is 15.3. The summed E-state index contributed by atoms with van der Waals surface area (Å²) in [6.45, 7) is 0.638. The average molecular weight is 379 g/mol. The first kappa shape index (κ1) is 18.1. The first-order valence-corrected chi connectivity index (χ1v) is 9.10. The van der Waals surface area contributed by atoms with Crippen LogP contribution in [0.3, 0.4) is 0 Å². The molecule has 1 heterocycles. The van der Waals surface area contributed by atoms with Gasteiger partial charge in [0.05, 0.1) is 18.0 Å². The Bertz CT molecular complexity index is 769. The van der Waals surface area contributed by atoms with Crippen LogP contribution in [0.4, 0.5) is 5.69 Å². The number of anilines is 1. The Kier molecular flexibility index (Phi) is 5.54. The molecule has 1 amide bonds. The van der Waals surface area contributed by atoms with Gasteiger partial charge < -0.3 is 20.5 Å². The molecule has 2 unspecified atom stereocenters. The molecule has 132 valence electrons. The molecule has 0 bridgehead atoms. The second-order valence-electron chi connectivity index (χ2n) is 5.65. The van der Waals surface area contributed by atoms with Gasteiger partial charge in [-0.15, -0.1) is 11.8 Å². The van der Waals surface area contributed by atoms with Crippen molar-refractivity contribution < 1.29 is 14.6 Å². The molecule has 0 radical (unpaired) electrons. The van der Waals surface area contributed by atoms with Crippen LogP contribution in [-0.4, -0.2) is 37.3 Å². The fourth-order valence-corrected chi connectivity index (χ4v) is 4.36. The van der Waals surface area contributed by atoms with Crippen LogP contribution < -0.4 is 15.4 Å². The summed E-state index contributed by atoms with van der Waals surface area (Å²) >= 11 is 7.56. The largest absolute Gasteiger partial charge is 0.497 e. The number of halogens is 1. The van der Waals surface area contributed by atoms with Crippen molar-refractivity contribution in [2.45, 2.75) is 16.2 Å². The number of nitrogens with zero attached hydrogens (tertiary/aromatic N) is 1. The molecule has 5 nitrogen and oxygen atoms in total. The summed E-state index contributed by atoms with van der Waals surface area (Å²) in [5.41, 5.74) is 7.22. The zero-order valence-electron chi connectivity index (χ0n) is 13.7. The van der Waals surface area contributed by atoms with E-state index in [0.717, 1.165) is 21.9 Å². The molecule has 0 saturated carbocycles. The number of benzene rings is 2. The van der Waals surface area contributed by atoms with Crippen molar-refractivity contribution in [3.8, 4) is 5.75 Å². The van der Waals surface area contributed by atoms with Crippen molar-refractivity contribution in [2.75, 3.05) is 25.1 Å². The quantitative estimate of drug-likeness (QED) is 0.855. The van der Waals surface area contributed by atoms with Crippen molar-refractivity contribution in [1.82, 2.24) is 0 Å². The number of thioether (sulfide) groups is 1. The van der Waals surface area contributed by atoms with E-state index in [-0.39, 0.29) is 5.91 Å². The lowest BCUT2D eigenvalue weighted by Crippen LogP contribution is -2.42. The summed E-state index contributed by atoms with van der Waals surface area (Å²) in [5, 5.41) is 10.9. The fourth-order valence-electron chi connectivity index (χ4n) is 2.82. The number of aliphatic hydroxyl groups excluding tert-OH is 1. The number of hydrogen-bond acceptors (Lipinski definition) is 5. The third-order valence-electron chi connectivity index (χ3n) is 4.07. The highest BCUT2D eigenvalue weighted by molar-refractivity contribution is 7.99. The number of fused-ring (bicyclic) bond motifs is 1. The number of carbonyl (C=O) groups is 1. The lowest BCUT2D eigenvalue weighted by molar-refractivity contribution is -0.126.